The number of piperidine rings is 2. The van der Waals surface area contributed by atoms with Crippen LogP contribution in [-0.2, 0) is 0 Å². The molecule has 2 N–H and O–H groups in total. The summed E-state index contributed by atoms with van der Waals surface area (Å²) in [6.07, 6.45) is 4.62. The van der Waals surface area contributed by atoms with E-state index >= 15 is 0 Å². The first-order valence-electron chi connectivity index (χ1n) is 5.49. The lowest BCUT2D eigenvalue weighted by atomic mass is 10.00. The third-order valence-corrected chi connectivity index (χ3v) is 3.25. The molecular weight excluding hydrogens is 164 g/mol. The molecule has 0 spiro atoms. The van der Waals surface area contributed by atoms with Gasteiger partial charge in [-0.05, 0) is 45.3 Å². The first-order valence-corrected chi connectivity index (χ1v) is 5.49. The molecule has 0 aromatic carbocycles. The normalized spacial score (nSPS) is 33.5. The summed E-state index contributed by atoms with van der Waals surface area (Å²) in [4.78, 5) is 2.48. The maximum absolute atomic E-state index is 9.55. The van der Waals surface area contributed by atoms with Crippen molar-refractivity contribution in [2.24, 2.45) is 0 Å². The highest BCUT2D eigenvalue weighted by Gasteiger charge is 2.25. The van der Waals surface area contributed by atoms with E-state index in [1.54, 1.807) is 0 Å². The van der Waals surface area contributed by atoms with Crippen molar-refractivity contribution >= 4 is 0 Å². The van der Waals surface area contributed by atoms with E-state index in [0.717, 1.165) is 32.1 Å². The van der Waals surface area contributed by atoms with Crippen molar-refractivity contribution in [2.75, 3.05) is 26.2 Å². The van der Waals surface area contributed by atoms with Crippen LogP contribution in [0.25, 0.3) is 0 Å². The second kappa shape index (κ2) is 4.40. The van der Waals surface area contributed by atoms with Gasteiger partial charge in [-0.2, -0.15) is 0 Å². The third kappa shape index (κ3) is 2.42. The van der Waals surface area contributed by atoms with Gasteiger partial charge in [0.1, 0.15) is 0 Å². The molecule has 13 heavy (non-hydrogen) atoms. The van der Waals surface area contributed by atoms with Crippen LogP contribution in [-0.4, -0.2) is 48.3 Å². The van der Waals surface area contributed by atoms with Gasteiger partial charge in [0, 0.05) is 12.6 Å². The Morgan fingerprint density at radius 2 is 1.92 bits per heavy atom. The maximum atomic E-state index is 9.55. The number of hydrogen-bond acceptors (Lipinski definition) is 3. The second-order valence-corrected chi connectivity index (χ2v) is 4.27. The minimum absolute atomic E-state index is 0.0661. The van der Waals surface area contributed by atoms with E-state index in [9.17, 15) is 5.11 Å². The molecule has 0 saturated carbocycles. The molecule has 2 fully saturated rings. The molecular formula is C10H20N2O. The van der Waals surface area contributed by atoms with Crippen molar-refractivity contribution in [3.05, 3.63) is 0 Å². The SMILES string of the molecule is O[C@H]1CCCN(C2CCNCC2)C1. The molecule has 0 aromatic heterocycles. The Hall–Kier alpha value is -0.120. The Morgan fingerprint density at radius 1 is 1.15 bits per heavy atom. The van der Waals surface area contributed by atoms with Gasteiger partial charge < -0.3 is 10.4 Å². The highest BCUT2D eigenvalue weighted by Crippen LogP contribution is 2.18. The fourth-order valence-corrected chi connectivity index (χ4v) is 2.49. The summed E-state index contributed by atoms with van der Waals surface area (Å²) in [5.41, 5.74) is 0. The second-order valence-electron chi connectivity index (χ2n) is 4.27. The van der Waals surface area contributed by atoms with E-state index in [1.807, 2.05) is 0 Å². The van der Waals surface area contributed by atoms with Crippen LogP contribution in [0.4, 0.5) is 0 Å². The molecule has 0 amide bonds. The molecule has 3 heteroatoms. The zero-order chi connectivity index (χ0) is 9.10. The van der Waals surface area contributed by atoms with Gasteiger partial charge in [-0.15, -0.1) is 0 Å². The first-order chi connectivity index (χ1) is 6.36. The predicted octanol–water partition coefficient (Wildman–Crippen LogP) is 0.195. The number of hydrogen-bond donors (Lipinski definition) is 2. The van der Waals surface area contributed by atoms with Gasteiger partial charge in [-0.1, -0.05) is 0 Å². The largest absolute Gasteiger partial charge is 0.392 e. The average molecular weight is 184 g/mol. The molecule has 0 radical (unpaired) electrons. The van der Waals surface area contributed by atoms with Crippen molar-refractivity contribution in [2.45, 2.75) is 37.8 Å². The molecule has 2 saturated heterocycles. The number of aliphatic hydroxyl groups is 1. The minimum atomic E-state index is -0.0661. The van der Waals surface area contributed by atoms with Crippen LogP contribution < -0.4 is 5.32 Å². The molecule has 0 aromatic rings. The fraction of sp³-hybridized carbons (Fsp3) is 1.00. The molecule has 0 bridgehead atoms. The highest BCUT2D eigenvalue weighted by atomic mass is 16.3. The summed E-state index contributed by atoms with van der Waals surface area (Å²) in [6, 6.07) is 0.733. The van der Waals surface area contributed by atoms with Gasteiger partial charge >= 0.3 is 0 Å². The Bertz CT molecular complexity index is 157. The molecule has 2 heterocycles. The smallest absolute Gasteiger partial charge is 0.0667 e. The fourth-order valence-electron chi connectivity index (χ4n) is 2.49. The van der Waals surface area contributed by atoms with Gasteiger partial charge in [-0.25, -0.2) is 0 Å². The number of aliphatic hydroxyl groups excluding tert-OH is 1. The topological polar surface area (TPSA) is 35.5 Å². The minimum Gasteiger partial charge on any atom is -0.392 e. The van der Waals surface area contributed by atoms with Gasteiger partial charge in [0.05, 0.1) is 6.10 Å². The Morgan fingerprint density at radius 3 is 2.62 bits per heavy atom. The molecule has 0 unspecified atom stereocenters. The van der Waals surface area contributed by atoms with Crippen LogP contribution in [0, 0.1) is 0 Å². The van der Waals surface area contributed by atoms with Crippen molar-refractivity contribution in [1.29, 1.82) is 0 Å². The summed E-state index contributed by atoms with van der Waals surface area (Å²) < 4.78 is 0. The summed E-state index contributed by atoms with van der Waals surface area (Å²) in [7, 11) is 0. The van der Waals surface area contributed by atoms with Crippen molar-refractivity contribution in [3.8, 4) is 0 Å². The Kier molecular flexibility index (Phi) is 3.19. The lowest BCUT2D eigenvalue weighted by Crippen LogP contribution is -2.48. The molecule has 76 valence electrons. The lowest BCUT2D eigenvalue weighted by Gasteiger charge is -2.38. The Balaban J connectivity index is 1.83. The molecule has 2 aliphatic rings. The van der Waals surface area contributed by atoms with Gasteiger partial charge in [0.15, 0.2) is 0 Å². The quantitative estimate of drug-likeness (QED) is 0.611. The van der Waals surface area contributed by atoms with Crippen molar-refractivity contribution in [3.63, 3.8) is 0 Å². The molecule has 3 nitrogen and oxygen atoms in total. The maximum Gasteiger partial charge on any atom is 0.0667 e. The monoisotopic (exact) mass is 184 g/mol. The number of β-amino-alcohol motifs (C(OH)–C–C–N with tert-alkyl or cyclic N) is 1. The van der Waals surface area contributed by atoms with Crippen LogP contribution in [0.15, 0.2) is 0 Å². The summed E-state index contributed by atoms with van der Waals surface area (Å²) in [5, 5.41) is 12.9. The van der Waals surface area contributed by atoms with Crippen LogP contribution in [0.5, 0.6) is 0 Å². The number of nitrogens with one attached hydrogen (secondary N) is 1. The highest BCUT2D eigenvalue weighted by molar-refractivity contribution is 4.82. The summed E-state index contributed by atoms with van der Waals surface area (Å²) in [5.74, 6) is 0. The van der Waals surface area contributed by atoms with Crippen LogP contribution in [0.1, 0.15) is 25.7 Å². The standard InChI is InChI=1S/C10H20N2O/c13-10-2-1-7-12(8-10)9-3-5-11-6-4-9/h9-11,13H,1-8H2/t10-/m0/s1. The molecule has 1 atom stereocenters. The van der Waals surface area contributed by atoms with E-state index in [2.05, 4.69) is 10.2 Å². The zero-order valence-electron chi connectivity index (χ0n) is 8.21. The molecule has 2 aliphatic heterocycles. The average Bonchev–Trinajstić information content (AvgIpc) is 2.19. The van der Waals surface area contributed by atoms with E-state index in [0.29, 0.717) is 0 Å². The van der Waals surface area contributed by atoms with Crippen LogP contribution in [0.2, 0.25) is 0 Å². The lowest BCUT2D eigenvalue weighted by molar-refractivity contribution is 0.0381. The number of likely N-dealkylation sites (tertiary alicyclic amines) is 1. The van der Waals surface area contributed by atoms with E-state index in [4.69, 9.17) is 0 Å². The van der Waals surface area contributed by atoms with E-state index in [1.165, 1.54) is 25.8 Å². The van der Waals surface area contributed by atoms with E-state index in [-0.39, 0.29) is 6.10 Å². The zero-order valence-corrected chi connectivity index (χ0v) is 8.21. The molecule has 0 aliphatic carbocycles. The van der Waals surface area contributed by atoms with Crippen LogP contribution in [0.3, 0.4) is 0 Å². The van der Waals surface area contributed by atoms with Crippen molar-refractivity contribution < 1.29 is 5.11 Å². The summed E-state index contributed by atoms with van der Waals surface area (Å²) in [6.45, 7) is 4.40. The Labute approximate surface area is 80.1 Å². The van der Waals surface area contributed by atoms with Gasteiger partial charge in [-0.3, -0.25) is 4.90 Å². The third-order valence-electron chi connectivity index (χ3n) is 3.25. The van der Waals surface area contributed by atoms with Gasteiger partial charge in [0.2, 0.25) is 0 Å². The van der Waals surface area contributed by atoms with Crippen LogP contribution >= 0.6 is 0 Å². The summed E-state index contributed by atoms with van der Waals surface area (Å²) >= 11 is 0. The molecule has 2 rings (SSSR count). The number of rotatable bonds is 1. The van der Waals surface area contributed by atoms with E-state index < -0.39 is 0 Å². The first kappa shape index (κ1) is 9.44. The van der Waals surface area contributed by atoms with Crippen molar-refractivity contribution in [1.82, 2.24) is 10.2 Å². The van der Waals surface area contributed by atoms with Gasteiger partial charge in [0.25, 0.3) is 0 Å². The number of nitrogens with zero attached hydrogens (tertiary/aromatic N) is 1. The predicted molar refractivity (Wildman–Crippen MR) is 52.7 cm³/mol.